The molecule has 1 rings (SSSR count). The van der Waals surface area contributed by atoms with Crippen molar-refractivity contribution >= 4 is 5.69 Å². The van der Waals surface area contributed by atoms with E-state index in [1.807, 2.05) is 0 Å². The molecule has 6 nitrogen and oxygen atoms in total. The first-order chi connectivity index (χ1) is 7.47. The van der Waals surface area contributed by atoms with Crippen molar-refractivity contribution in [2.24, 2.45) is 0 Å². The molecule has 0 aliphatic heterocycles. The van der Waals surface area contributed by atoms with Gasteiger partial charge in [-0.1, -0.05) is 0 Å². The van der Waals surface area contributed by atoms with Crippen LogP contribution in [0.5, 0.6) is 0 Å². The van der Waals surface area contributed by atoms with Gasteiger partial charge in [0.25, 0.3) is 5.69 Å². The van der Waals surface area contributed by atoms with Crippen molar-refractivity contribution in [3.05, 3.63) is 39.4 Å². The fourth-order valence-electron chi connectivity index (χ4n) is 1.35. The molecule has 0 amide bonds. The molecule has 0 saturated carbocycles. The largest absolute Gasteiger partial charge is 0.385 e. The van der Waals surface area contributed by atoms with Gasteiger partial charge in [-0.2, -0.15) is 5.26 Å². The third-order valence-electron chi connectivity index (χ3n) is 2.21. The van der Waals surface area contributed by atoms with Gasteiger partial charge in [0, 0.05) is 12.1 Å². The van der Waals surface area contributed by atoms with Crippen LogP contribution in [0.2, 0.25) is 0 Å². The Labute approximate surface area is 91.5 Å². The van der Waals surface area contributed by atoms with Gasteiger partial charge in [-0.25, -0.2) is 0 Å². The van der Waals surface area contributed by atoms with E-state index in [2.05, 4.69) is 0 Å². The summed E-state index contributed by atoms with van der Waals surface area (Å²) >= 11 is 0. The first-order valence-electron chi connectivity index (χ1n) is 4.48. The Morgan fingerprint density at radius 2 is 2.12 bits per heavy atom. The van der Waals surface area contributed by atoms with E-state index in [1.54, 1.807) is 6.92 Å². The number of nitrogens with zero attached hydrogens (tertiary/aromatic N) is 2. The summed E-state index contributed by atoms with van der Waals surface area (Å²) in [7, 11) is 0. The highest BCUT2D eigenvalue weighted by molar-refractivity contribution is 5.40. The highest BCUT2D eigenvalue weighted by atomic mass is 16.6. The Morgan fingerprint density at radius 1 is 1.50 bits per heavy atom. The van der Waals surface area contributed by atoms with Crippen LogP contribution in [-0.2, 0) is 0 Å². The number of nitro benzene ring substituents is 1. The van der Waals surface area contributed by atoms with Gasteiger partial charge in [0.1, 0.15) is 6.10 Å². The summed E-state index contributed by atoms with van der Waals surface area (Å²) in [4.78, 5) is 9.91. The van der Waals surface area contributed by atoms with Gasteiger partial charge in [-0.05, 0) is 24.1 Å². The van der Waals surface area contributed by atoms with E-state index in [0.29, 0.717) is 11.1 Å². The average Bonchev–Trinajstić information content (AvgIpc) is 2.26. The molecular weight excluding hydrogens is 212 g/mol. The monoisotopic (exact) mass is 222 g/mol. The second-order valence-corrected chi connectivity index (χ2v) is 3.32. The van der Waals surface area contributed by atoms with Crippen LogP contribution in [0, 0.1) is 28.4 Å². The van der Waals surface area contributed by atoms with Gasteiger partial charge in [0.15, 0.2) is 6.10 Å². The highest BCUT2D eigenvalue weighted by Gasteiger charge is 2.20. The molecule has 1 aromatic rings. The summed E-state index contributed by atoms with van der Waals surface area (Å²) in [5.41, 5.74) is 0.663. The van der Waals surface area contributed by atoms with Crippen LogP contribution in [0.3, 0.4) is 0 Å². The van der Waals surface area contributed by atoms with Crippen molar-refractivity contribution in [1.82, 2.24) is 0 Å². The normalized spacial score (nSPS) is 13.9. The third-order valence-corrected chi connectivity index (χ3v) is 2.21. The number of nitriles is 1. The van der Waals surface area contributed by atoms with Crippen LogP contribution in [-0.4, -0.2) is 21.2 Å². The molecule has 0 saturated heterocycles. The number of aliphatic hydroxyl groups excluding tert-OH is 2. The topological polar surface area (TPSA) is 107 Å². The molecule has 6 heteroatoms. The van der Waals surface area contributed by atoms with E-state index in [1.165, 1.54) is 24.3 Å². The number of rotatable bonds is 3. The predicted octanol–water partition coefficient (Wildman–Crippen LogP) is 0.821. The lowest BCUT2D eigenvalue weighted by Crippen LogP contribution is -2.16. The van der Waals surface area contributed by atoms with E-state index < -0.39 is 17.1 Å². The van der Waals surface area contributed by atoms with Crippen LogP contribution < -0.4 is 0 Å². The summed E-state index contributed by atoms with van der Waals surface area (Å²) in [6, 6.07) is 5.33. The van der Waals surface area contributed by atoms with Gasteiger partial charge < -0.3 is 10.2 Å². The van der Waals surface area contributed by atoms with Gasteiger partial charge >= 0.3 is 0 Å². The molecule has 0 radical (unpaired) electrons. The Kier molecular flexibility index (Phi) is 3.55. The number of hydrogen-bond acceptors (Lipinski definition) is 5. The standard InChI is InChI=1S/C10H10N2O4/c1-6-4-7(12(15)16)2-3-8(6)10(14)9(13)5-11/h2-4,9-10,13-14H,1H3. The smallest absolute Gasteiger partial charge is 0.269 e. The molecule has 0 aliphatic rings. The lowest BCUT2D eigenvalue weighted by atomic mass is 9.99. The number of aliphatic hydroxyl groups is 2. The highest BCUT2D eigenvalue weighted by Crippen LogP contribution is 2.24. The molecule has 0 fully saturated rings. The number of nitro groups is 1. The van der Waals surface area contributed by atoms with E-state index >= 15 is 0 Å². The molecule has 0 heterocycles. The zero-order valence-corrected chi connectivity index (χ0v) is 8.49. The van der Waals surface area contributed by atoms with Gasteiger partial charge in [0.2, 0.25) is 0 Å². The molecule has 0 bridgehead atoms. The summed E-state index contributed by atoms with van der Waals surface area (Å²) in [6.07, 6.45) is -2.90. The molecule has 1 aromatic carbocycles. The van der Waals surface area contributed by atoms with E-state index in [-0.39, 0.29) is 5.69 Å². The maximum Gasteiger partial charge on any atom is 0.269 e. The predicted molar refractivity (Wildman–Crippen MR) is 54.4 cm³/mol. The molecule has 0 aliphatic carbocycles. The molecular formula is C10H10N2O4. The summed E-state index contributed by atoms with van der Waals surface area (Å²) in [5, 5.41) is 37.6. The van der Waals surface area contributed by atoms with Crippen molar-refractivity contribution in [2.45, 2.75) is 19.1 Å². The summed E-state index contributed by atoms with van der Waals surface area (Å²) in [5.74, 6) is 0. The maximum atomic E-state index is 10.5. The van der Waals surface area contributed by atoms with Crippen LogP contribution in [0.4, 0.5) is 5.69 Å². The molecule has 84 valence electrons. The fourth-order valence-corrected chi connectivity index (χ4v) is 1.35. The van der Waals surface area contributed by atoms with E-state index in [9.17, 15) is 15.2 Å². The summed E-state index contributed by atoms with van der Waals surface area (Å²) < 4.78 is 0. The molecule has 0 spiro atoms. The van der Waals surface area contributed by atoms with Crippen molar-refractivity contribution in [3.8, 4) is 6.07 Å². The lowest BCUT2D eigenvalue weighted by Gasteiger charge is -2.14. The Hall–Kier alpha value is -1.97. The third kappa shape index (κ3) is 2.34. The minimum absolute atomic E-state index is 0.0973. The zero-order valence-electron chi connectivity index (χ0n) is 8.49. The average molecular weight is 222 g/mol. The Balaban J connectivity index is 3.09. The lowest BCUT2D eigenvalue weighted by molar-refractivity contribution is -0.384. The van der Waals surface area contributed by atoms with Crippen molar-refractivity contribution in [1.29, 1.82) is 5.26 Å². The molecule has 0 aromatic heterocycles. The number of benzene rings is 1. The van der Waals surface area contributed by atoms with E-state index in [0.717, 1.165) is 0 Å². The maximum absolute atomic E-state index is 10.5. The SMILES string of the molecule is Cc1cc([N+](=O)[O-])ccc1C(O)C(O)C#N. The fraction of sp³-hybridized carbons (Fsp3) is 0.300. The van der Waals surface area contributed by atoms with Crippen molar-refractivity contribution < 1.29 is 15.1 Å². The van der Waals surface area contributed by atoms with Crippen LogP contribution in [0.1, 0.15) is 17.2 Å². The van der Waals surface area contributed by atoms with E-state index in [4.69, 9.17) is 10.4 Å². The molecule has 2 unspecified atom stereocenters. The number of aryl methyl sites for hydroxylation is 1. The number of non-ortho nitro benzene ring substituents is 1. The van der Waals surface area contributed by atoms with Gasteiger partial charge in [-0.3, -0.25) is 10.1 Å². The van der Waals surface area contributed by atoms with Gasteiger partial charge in [-0.15, -0.1) is 0 Å². The van der Waals surface area contributed by atoms with Crippen molar-refractivity contribution in [2.75, 3.05) is 0 Å². The molecule has 16 heavy (non-hydrogen) atoms. The first-order valence-corrected chi connectivity index (χ1v) is 4.48. The second-order valence-electron chi connectivity index (χ2n) is 3.32. The van der Waals surface area contributed by atoms with Gasteiger partial charge in [0.05, 0.1) is 11.0 Å². The second kappa shape index (κ2) is 4.70. The quantitative estimate of drug-likeness (QED) is 0.447. The zero-order chi connectivity index (χ0) is 12.3. The van der Waals surface area contributed by atoms with Crippen LogP contribution in [0.15, 0.2) is 18.2 Å². The minimum Gasteiger partial charge on any atom is -0.385 e. The number of hydrogen-bond donors (Lipinski definition) is 2. The van der Waals surface area contributed by atoms with Crippen LogP contribution in [0.25, 0.3) is 0 Å². The summed E-state index contributed by atoms with van der Waals surface area (Å²) in [6.45, 7) is 1.57. The Bertz CT molecular complexity index is 453. The Morgan fingerprint density at radius 3 is 2.56 bits per heavy atom. The molecule has 2 N–H and O–H groups in total. The van der Waals surface area contributed by atoms with Crippen molar-refractivity contribution in [3.63, 3.8) is 0 Å². The van der Waals surface area contributed by atoms with Crippen LogP contribution >= 0.6 is 0 Å². The first kappa shape index (κ1) is 12.1. The minimum atomic E-state index is -1.54. The molecule has 2 atom stereocenters.